The van der Waals surface area contributed by atoms with E-state index in [0.717, 1.165) is 11.3 Å². The zero-order chi connectivity index (χ0) is 14.4. The molecule has 1 atom stereocenters. The van der Waals surface area contributed by atoms with Crippen LogP contribution in [0.1, 0.15) is 23.8 Å². The van der Waals surface area contributed by atoms with Crippen LogP contribution in [0.25, 0.3) is 0 Å². The third-order valence-electron chi connectivity index (χ3n) is 2.73. The molecule has 1 heterocycles. The predicted molar refractivity (Wildman–Crippen MR) is 79.9 cm³/mol. The first-order valence-electron chi connectivity index (χ1n) is 6.35. The van der Waals surface area contributed by atoms with E-state index in [4.69, 9.17) is 0 Å². The third-order valence-corrected chi connectivity index (χ3v) is 3.60. The quantitative estimate of drug-likeness (QED) is 0.793. The first-order chi connectivity index (χ1) is 9.65. The van der Waals surface area contributed by atoms with Gasteiger partial charge in [0.25, 0.3) is 0 Å². The molecule has 0 saturated heterocycles. The fourth-order valence-corrected chi connectivity index (χ4v) is 2.40. The number of carbonyl (C=O) groups excluding carboxylic acids is 1. The van der Waals surface area contributed by atoms with E-state index < -0.39 is 6.10 Å². The van der Waals surface area contributed by atoms with E-state index in [-0.39, 0.29) is 6.03 Å². The van der Waals surface area contributed by atoms with Crippen molar-refractivity contribution >= 4 is 22.5 Å². The lowest BCUT2D eigenvalue weighted by Gasteiger charge is -2.11. The second kappa shape index (κ2) is 7.02. The summed E-state index contributed by atoms with van der Waals surface area (Å²) >= 11 is 1.38. The standard InChI is InChI=1S/C14H17N3O2S/c1-10-9-20-14(16-10)17-13(19)15-8-7-12(18)11-5-3-2-4-6-11/h2-6,9,12,18H,7-8H2,1H3,(H2,15,16,17,19). The van der Waals surface area contributed by atoms with Crippen molar-refractivity contribution in [3.63, 3.8) is 0 Å². The Hall–Kier alpha value is -1.92. The van der Waals surface area contributed by atoms with Gasteiger partial charge in [-0.15, -0.1) is 11.3 Å². The molecule has 6 heteroatoms. The Morgan fingerprint density at radius 3 is 2.80 bits per heavy atom. The van der Waals surface area contributed by atoms with Crippen LogP contribution in [-0.4, -0.2) is 22.7 Å². The zero-order valence-corrected chi connectivity index (χ0v) is 12.0. The van der Waals surface area contributed by atoms with E-state index in [1.54, 1.807) is 0 Å². The molecular weight excluding hydrogens is 274 g/mol. The number of rotatable bonds is 5. The van der Waals surface area contributed by atoms with Crippen LogP contribution in [0.5, 0.6) is 0 Å². The fourth-order valence-electron chi connectivity index (χ4n) is 1.72. The summed E-state index contributed by atoms with van der Waals surface area (Å²) < 4.78 is 0. The molecule has 0 bridgehead atoms. The third kappa shape index (κ3) is 4.32. The van der Waals surface area contributed by atoms with Gasteiger partial charge in [-0.05, 0) is 18.9 Å². The van der Waals surface area contributed by atoms with Crippen LogP contribution in [0.2, 0.25) is 0 Å². The number of hydrogen-bond donors (Lipinski definition) is 3. The van der Waals surface area contributed by atoms with E-state index in [1.165, 1.54) is 11.3 Å². The van der Waals surface area contributed by atoms with Gasteiger partial charge in [-0.25, -0.2) is 9.78 Å². The second-order valence-electron chi connectivity index (χ2n) is 4.39. The van der Waals surface area contributed by atoms with Gasteiger partial charge in [0.15, 0.2) is 5.13 Å². The van der Waals surface area contributed by atoms with E-state index in [2.05, 4.69) is 15.6 Å². The molecule has 0 radical (unpaired) electrons. The Balaban J connectivity index is 1.71. The maximum Gasteiger partial charge on any atom is 0.321 e. The fraction of sp³-hybridized carbons (Fsp3) is 0.286. The highest BCUT2D eigenvalue weighted by atomic mass is 32.1. The minimum absolute atomic E-state index is 0.306. The first-order valence-corrected chi connectivity index (χ1v) is 7.23. The molecular formula is C14H17N3O2S. The lowest BCUT2D eigenvalue weighted by atomic mass is 10.1. The molecule has 106 valence electrons. The van der Waals surface area contributed by atoms with Crippen LogP contribution in [0, 0.1) is 6.92 Å². The number of urea groups is 1. The topological polar surface area (TPSA) is 74.2 Å². The second-order valence-corrected chi connectivity index (χ2v) is 5.25. The average Bonchev–Trinajstić information content (AvgIpc) is 2.85. The van der Waals surface area contributed by atoms with Gasteiger partial charge in [0, 0.05) is 11.9 Å². The zero-order valence-electron chi connectivity index (χ0n) is 11.2. The number of aromatic nitrogens is 1. The highest BCUT2D eigenvalue weighted by Gasteiger charge is 2.08. The number of aryl methyl sites for hydroxylation is 1. The summed E-state index contributed by atoms with van der Waals surface area (Å²) in [4.78, 5) is 15.7. The number of benzene rings is 1. The molecule has 2 amide bonds. The molecule has 20 heavy (non-hydrogen) atoms. The van der Waals surface area contributed by atoms with Crippen LogP contribution in [-0.2, 0) is 0 Å². The summed E-state index contributed by atoms with van der Waals surface area (Å²) in [6.07, 6.45) is -0.104. The average molecular weight is 291 g/mol. The molecule has 2 aromatic rings. The lowest BCUT2D eigenvalue weighted by molar-refractivity contribution is 0.167. The molecule has 0 spiro atoms. The van der Waals surface area contributed by atoms with Gasteiger partial charge in [0.1, 0.15) is 0 Å². The number of aliphatic hydroxyl groups is 1. The lowest BCUT2D eigenvalue weighted by Crippen LogP contribution is -2.30. The van der Waals surface area contributed by atoms with Gasteiger partial charge in [-0.2, -0.15) is 0 Å². The van der Waals surface area contributed by atoms with Crippen LogP contribution in [0.4, 0.5) is 9.93 Å². The molecule has 1 unspecified atom stereocenters. The highest BCUT2D eigenvalue weighted by molar-refractivity contribution is 7.13. The molecule has 0 aliphatic carbocycles. The van der Waals surface area contributed by atoms with E-state index >= 15 is 0 Å². The minimum atomic E-state index is -0.571. The predicted octanol–water partition coefficient (Wildman–Crippen LogP) is 2.70. The van der Waals surface area contributed by atoms with Crippen molar-refractivity contribution < 1.29 is 9.90 Å². The Morgan fingerprint density at radius 2 is 2.15 bits per heavy atom. The number of aliphatic hydroxyl groups excluding tert-OH is 1. The SMILES string of the molecule is Cc1csc(NC(=O)NCCC(O)c2ccccc2)n1. The number of nitrogens with zero attached hydrogens (tertiary/aromatic N) is 1. The molecule has 0 aliphatic rings. The van der Waals surface area contributed by atoms with Gasteiger partial charge in [0.2, 0.25) is 0 Å². The van der Waals surface area contributed by atoms with Crippen LogP contribution >= 0.6 is 11.3 Å². The smallest absolute Gasteiger partial charge is 0.321 e. The van der Waals surface area contributed by atoms with Crippen molar-refractivity contribution in [2.24, 2.45) is 0 Å². The number of thiazole rings is 1. The Labute approximate surface area is 121 Å². The van der Waals surface area contributed by atoms with Crippen molar-refractivity contribution in [2.45, 2.75) is 19.4 Å². The number of hydrogen-bond acceptors (Lipinski definition) is 4. The van der Waals surface area contributed by atoms with Crippen molar-refractivity contribution in [3.8, 4) is 0 Å². The maximum atomic E-state index is 11.6. The summed E-state index contributed by atoms with van der Waals surface area (Å²) in [5.41, 5.74) is 1.73. The number of anilines is 1. The van der Waals surface area contributed by atoms with E-state index in [1.807, 2.05) is 42.6 Å². The van der Waals surface area contributed by atoms with Crippen molar-refractivity contribution in [2.75, 3.05) is 11.9 Å². The van der Waals surface area contributed by atoms with Crippen LogP contribution in [0.3, 0.4) is 0 Å². The van der Waals surface area contributed by atoms with Crippen LogP contribution < -0.4 is 10.6 Å². The summed E-state index contributed by atoms with van der Waals surface area (Å²) in [7, 11) is 0. The number of carbonyl (C=O) groups is 1. The number of nitrogens with one attached hydrogen (secondary N) is 2. The normalized spacial score (nSPS) is 11.9. The van der Waals surface area contributed by atoms with Crippen LogP contribution in [0.15, 0.2) is 35.7 Å². The largest absolute Gasteiger partial charge is 0.388 e. The van der Waals surface area contributed by atoms with Gasteiger partial charge < -0.3 is 10.4 Å². The molecule has 3 N–H and O–H groups in total. The molecule has 0 aliphatic heterocycles. The van der Waals surface area contributed by atoms with E-state index in [9.17, 15) is 9.90 Å². The van der Waals surface area contributed by atoms with Crippen molar-refractivity contribution in [3.05, 3.63) is 47.0 Å². The molecule has 1 aromatic carbocycles. The van der Waals surface area contributed by atoms with E-state index in [0.29, 0.717) is 18.1 Å². The molecule has 0 saturated carbocycles. The molecule has 2 rings (SSSR count). The maximum absolute atomic E-state index is 11.6. The van der Waals surface area contributed by atoms with Crippen molar-refractivity contribution in [1.29, 1.82) is 0 Å². The monoisotopic (exact) mass is 291 g/mol. The summed E-state index contributed by atoms with van der Waals surface area (Å²) in [5.74, 6) is 0. The molecule has 5 nitrogen and oxygen atoms in total. The van der Waals surface area contributed by atoms with Gasteiger partial charge >= 0.3 is 6.03 Å². The highest BCUT2D eigenvalue weighted by Crippen LogP contribution is 2.15. The minimum Gasteiger partial charge on any atom is -0.388 e. The van der Waals surface area contributed by atoms with Crippen molar-refractivity contribution in [1.82, 2.24) is 10.3 Å². The summed E-state index contributed by atoms with van der Waals surface area (Å²) in [6.45, 7) is 2.27. The Kier molecular flexibility index (Phi) is 5.09. The van der Waals surface area contributed by atoms with Gasteiger partial charge in [0.05, 0.1) is 11.8 Å². The first kappa shape index (κ1) is 14.5. The molecule has 0 fully saturated rings. The molecule has 1 aromatic heterocycles. The van der Waals surface area contributed by atoms with Gasteiger partial charge in [-0.3, -0.25) is 5.32 Å². The summed E-state index contributed by atoms with van der Waals surface area (Å²) in [5, 5.41) is 17.7. The number of amides is 2. The Bertz CT molecular complexity index is 557. The van der Waals surface area contributed by atoms with Gasteiger partial charge in [-0.1, -0.05) is 30.3 Å². The Morgan fingerprint density at radius 1 is 1.40 bits per heavy atom. The summed E-state index contributed by atoms with van der Waals surface area (Å²) in [6, 6.07) is 9.08.